The smallest absolute Gasteiger partial charge is 0.255 e. The van der Waals surface area contributed by atoms with E-state index < -0.39 is 6.04 Å². The highest BCUT2D eigenvalue weighted by Gasteiger charge is 2.39. The van der Waals surface area contributed by atoms with Gasteiger partial charge in [0, 0.05) is 37.7 Å². The summed E-state index contributed by atoms with van der Waals surface area (Å²) in [7, 11) is 3.99. The van der Waals surface area contributed by atoms with Crippen LogP contribution in [0.2, 0.25) is 0 Å². The summed E-state index contributed by atoms with van der Waals surface area (Å²) in [6.07, 6.45) is 0.664. The molecule has 3 rings (SSSR count). The van der Waals surface area contributed by atoms with Gasteiger partial charge in [-0.05, 0) is 44.6 Å². The van der Waals surface area contributed by atoms with Gasteiger partial charge in [-0.3, -0.25) is 24.6 Å². The molecule has 0 radical (unpaired) electrons. The topological polar surface area (TPSA) is 81.8 Å². The van der Waals surface area contributed by atoms with E-state index in [2.05, 4.69) is 29.5 Å². The maximum atomic E-state index is 12.8. The van der Waals surface area contributed by atoms with Crippen LogP contribution in [0.25, 0.3) is 0 Å². The zero-order valence-corrected chi connectivity index (χ0v) is 15.5. The SMILES string of the molecule is CNCC(C)N(C)Cc1ccc2c(c1)C(=O)N(C1CCC(=O)NC1=O)C2. The Hall–Kier alpha value is -2.25. The number of nitrogens with zero attached hydrogens (tertiary/aromatic N) is 2. The van der Waals surface area contributed by atoms with Crippen LogP contribution in [0.5, 0.6) is 0 Å². The van der Waals surface area contributed by atoms with Crippen LogP contribution in [-0.2, 0) is 22.7 Å². The molecule has 7 nitrogen and oxygen atoms in total. The molecule has 140 valence electrons. The third-order valence-corrected chi connectivity index (χ3v) is 5.28. The van der Waals surface area contributed by atoms with E-state index >= 15 is 0 Å². The van der Waals surface area contributed by atoms with Crippen molar-refractivity contribution in [2.24, 2.45) is 0 Å². The monoisotopic (exact) mass is 358 g/mol. The van der Waals surface area contributed by atoms with E-state index in [1.165, 1.54) is 0 Å². The first-order valence-corrected chi connectivity index (χ1v) is 9.02. The first-order chi connectivity index (χ1) is 12.4. The Balaban J connectivity index is 1.73. The predicted octanol–water partition coefficient (Wildman–Crippen LogP) is 0.487. The van der Waals surface area contributed by atoms with Gasteiger partial charge < -0.3 is 10.2 Å². The third kappa shape index (κ3) is 3.64. The number of fused-ring (bicyclic) bond motifs is 1. The molecule has 1 aromatic carbocycles. The van der Waals surface area contributed by atoms with Crippen molar-refractivity contribution >= 4 is 17.7 Å². The number of carbonyl (C=O) groups excluding carboxylic acids is 3. The fraction of sp³-hybridized carbons (Fsp3) is 0.526. The van der Waals surface area contributed by atoms with Crippen molar-refractivity contribution in [3.8, 4) is 0 Å². The average molecular weight is 358 g/mol. The molecular formula is C19H26N4O3. The van der Waals surface area contributed by atoms with Gasteiger partial charge in [-0.25, -0.2) is 0 Å². The molecule has 2 heterocycles. The molecule has 1 saturated heterocycles. The van der Waals surface area contributed by atoms with Crippen LogP contribution in [0, 0.1) is 0 Å². The Labute approximate surface area is 153 Å². The number of benzene rings is 1. The Morgan fingerprint density at radius 1 is 1.35 bits per heavy atom. The number of imide groups is 1. The van der Waals surface area contributed by atoms with Crippen molar-refractivity contribution in [3.63, 3.8) is 0 Å². The summed E-state index contributed by atoms with van der Waals surface area (Å²) in [5, 5.41) is 5.50. The number of amides is 3. The van der Waals surface area contributed by atoms with Crippen molar-refractivity contribution < 1.29 is 14.4 Å². The maximum absolute atomic E-state index is 12.8. The van der Waals surface area contributed by atoms with Crippen molar-refractivity contribution in [1.82, 2.24) is 20.4 Å². The minimum Gasteiger partial charge on any atom is -0.322 e. The van der Waals surface area contributed by atoms with Crippen LogP contribution in [0.4, 0.5) is 0 Å². The second kappa shape index (κ2) is 7.55. The van der Waals surface area contributed by atoms with Crippen LogP contribution in [0.15, 0.2) is 18.2 Å². The lowest BCUT2D eigenvalue weighted by Crippen LogP contribution is -2.52. The highest BCUT2D eigenvalue weighted by Crippen LogP contribution is 2.28. The minimum atomic E-state index is -0.561. The van der Waals surface area contributed by atoms with Crippen LogP contribution < -0.4 is 10.6 Å². The van der Waals surface area contributed by atoms with Gasteiger partial charge in [0.25, 0.3) is 5.91 Å². The Bertz CT molecular complexity index is 733. The first kappa shape index (κ1) is 18.5. The van der Waals surface area contributed by atoms with E-state index in [9.17, 15) is 14.4 Å². The molecule has 26 heavy (non-hydrogen) atoms. The van der Waals surface area contributed by atoms with Gasteiger partial charge in [0.15, 0.2) is 0 Å². The molecule has 7 heteroatoms. The number of likely N-dealkylation sites (N-methyl/N-ethyl adjacent to an activating group) is 2. The van der Waals surface area contributed by atoms with Gasteiger partial charge in [-0.1, -0.05) is 12.1 Å². The maximum Gasteiger partial charge on any atom is 0.255 e. The van der Waals surface area contributed by atoms with E-state index in [1.807, 2.05) is 25.2 Å². The highest BCUT2D eigenvalue weighted by atomic mass is 16.2. The summed E-state index contributed by atoms with van der Waals surface area (Å²) < 4.78 is 0. The van der Waals surface area contributed by atoms with Gasteiger partial charge in [-0.15, -0.1) is 0 Å². The number of hydrogen-bond donors (Lipinski definition) is 2. The molecular weight excluding hydrogens is 332 g/mol. The number of nitrogens with one attached hydrogen (secondary N) is 2. The highest BCUT2D eigenvalue weighted by molar-refractivity contribution is 6.05. The summed E-state index contributed by atoms with van der Waals surface area (Å²) in [4.78, 5) is 40.1. The van der Waals surface area contributed by atoms with Crippen molar-refractivity contribution in [3.05, 3.63) is 34.9 Å². The van der Waals surface area contributed by atoms with Gasteiger partial charge in [0.1, 0.15) is 6.04 Å². The van der Waals surface area contributed by atoms with Crippen molar-refractivity contribution in [2.45, 2.75) is 44.9 Å². The molecule has 2 atom stereocenters. The standard InChI is InChI=1S/C19H26N4O3/c1-12(9-20-2)22(3)10-13-4-5-14-11-23(19(26)15(14)8-13)16-6-7-17(24)21-18(16)25/h4-5,8,12,16,20H,6-7,9-11H2,1-3H3,(H,21,24,25). The molecule has 0 bridgehead atoms. The average Bonchev–Trinajstić information content (AvgIpc) is 2.91. The molecule has 1 fully saturated rings. The van der Waals surface area contributed by atoms with E-state index in [0.717, 1.165) is 24.2 Å². The molecule has 0 spiro atoms. The minimum absolute atomic E-state index is 0.123. The lowest BCUT2D eigenvalue weighted by Gasteiger charge is -2.29. The normalized spacial score (nSPS) is 21.2. The van der Waals surface area contributed by atoms with Gasteiger partial charge in [-0.2, -0.15) is 0 Å². The first-order valence-electron chi connectivity index (χ1n) is 9.02. The number of hydrogen-bond acceptors (Lipinski definition) is 5. The van der Waals surface area contributed by atoms with Crippen molar-refractivity contribution in [1.29, 1.82) is 0 Å². The predicted molar refractivity (Wildman–Crippen MR) is 97.3 cm³/mol. The molecule has 2 aliphatic rings. The van der Waals surface area contributed by atoms with E-state index in [4.69, 9.17) is 0 Å². The number of rotatable bonds is 6. The second-order valence-corrected chi connectivity index (χ2v) is 7.21. The van der Waals surface area contributed by atoms with Crippen LogP contribution in [0.1, 0.15) is 41.3 Å². The Kier molecular flexibility index (Phi) is 5.38. The molecule has 3 amide bonds. The zero-order chi connectivity index (χ0) is 18.8. The van der Waals surface area contributed by atoms with E-state index in [-0.39, 0.29) is 24.1 Å². The fourth-order valence-electron chi connectivity index (χ4n) is 3.60. The van der Waals surface area contributed by atoms with Gasteiger partial charge in [0.05, 0.1) is 0 Å². The lowest BCUT2D eigenvalue weighted by molar-refractivity contribution is -0.136. The quantitative estimate of drug-likeness (QED) is 0.723. The van der Waals surface area contributed by atoms with Crippen LogP contribution >= 0.6 is 0 Å². The molecule has 0 aromatic heterocycles. The molecule has 0 saturated carbocycles. The van der Waals surface area contributed by atoms with Gasteiger partial charge in [0.2, 0.25) is 11.8 Å². The fourth-order valence-corrected chi connectivity index (χ4v) is 3.60. The molecule has 2 aliphatic heterocycles. The zero-order valence-electron chi connectivity index (χ0n) is 15.5. The molecule has 2 N–H and O–H groups in total. The second-order valence-electron chi connectivity index (χ2n) is 7.21. The number of piperidine rings is 1. The van der Waals surface area contributed by atoms with Gasteiger partial charge >= 0.3 is 0 Å². The summed E-state index contributed by atoms with van der Waals surface area (Å²) in [6, 6.07) is 5.78. The summed E-state index contributed by atoms with van der Waals surface area (Å²) in [5.41, 5.74) is 2.68. The third-order valence-electron chi connectivity index (χ3n) is 5.28. The number of carbonyl (C=O) groups is 3. The van der Waals surface area contributed by atoms with E-state index in [0.29, 0.717) is 24.6 Å². The molecule has 2 unspecified atom stereocenters. The van der Waals surface area contributed by atoms with E-state index in [1.54, 1.807) is 4.90 Å². The summed E-state index contributed by atoms with van der Waals surface area (Å²) in [6.45, 7) is 4.22. The Morgan fingerprint density at radius 2 is 2.12 bits per heavy atom. The molecule has 1 aromatic rings. The summed E-state index contributed by atoms with van der Waals surface area (Å²) >= 11 is 0. The van der Waals surface area contributed by atoms with Crippen molar-refractivity contribution in [2.75, 3.05) is 20.6 Å². The van der Waals surface area contributed by atoms with Crippen LogP contribution in [0.3, 0.4) is 0 Å². The molecule has 0 aliphatic carbocycles. The largest absolute Gasteiger partial charge is 0.322 e. The van der Waals surface area contributed by atoms with Crippen LogP contribution in [-0.4, -0.2) is 60.2 Å². The lowest BCUT2D eigenvalue weighted by atomic mass is 10.0. The Morgan fingerprint density at radius 3 is 2.81 bits per heavy atom. The summed E-state index contributed by atoms with van der Waals surface area (Å²) in [5.74, 6) is -0.762.